The number of anilines is 1. The highest BCUT2D eigenvalue weighted by atomic mass is 16.5. The summed E-state index contributed by atoms with van der Waals surface area (Å²) >= 11 is 0. The Balaban J connectivity index is 2.05. The minimum absolute atomic E-state index is 0.0423. The van der Waals surface area contributed by atoms with Crippen molar-refractivity contribution in [1.82, 2.24) is 0 Å². The SMILES string of the molecule is COc1cccc(C(N)=O)c1OCC(=O)Nc1ccc(C(C)(C)C)cc1. The van der Waals surface area contributed by atoms with E-state index in [1.165, 1.54) is 18.7 Å². The standard InChI is InChI=1S/C20H24N2O4/c1-20(2,3)13-8-10-14(11-9-13)22-17(23)12-26-18-15(19(21)24)6-5-7-16(18)25-4/h5-11H,12H2,1-4H3,(H2,21,24)(H,22,23). The van der Waals surface area contributed by atoms with Crippen molar-refractivity contribution in [2.75, 3.05) is 19.0 Å². The minimum atomic E-state index is -0.655. The number of para-hydroxylation sites is 1. The molecule has 2 amide bonds. The van der Waals surface area contributed by atoms with Crippen LogP contribution in [0.5, 0.6) is 11.5 Å². The molecule has 2 aromatic carbocycles. The van der Waals surface area contributed by atoms with Gasteiger partial charge in [-0.1, -0.05) is 39.0 Å². The molecule has 2 rings (SSSR count). The molecule has 0 aromatic heterocycles. The fourth-order valence-corrected chi connectivity index (χ4v) is 2.41. The summed E-state index contributed by atoms with van der Waals surface area (Å²) < 4.78 is 10.7. The maximum atomic E-state index is 12.2. The van der Waals surface area contributed by atoms with E-state index in [2.05, 4.69) is 26.1 Å². The summed E-state index contributed by atoms with van der Waals surface area (Å²) in [5, 5.41) is 2.76. The summed E-state index contributed by atoms with van der Waals surface area (Å²) in [5.41, 5.74) is 7.38. The first kappa shape index (κ1) is 19.3. The molecule has 0 spiro atoms. The molecule has 0 radical (unpaired) electrons. The zero-order valence-electron chi connectivity index (χ0n) is 15.5. The van der Waals surface area contributed by atoms with Crippen LogP contribution in [-0.2, 0) is 10.2 Å². The van der Waals surface area contributed by atoms with E-state index in [1.54, 1.807) is 12.1 Å². The lowest BCUT2D eigenvalue weighted by atomic mass is 9.87. The molecule has 0 bridgehead atoms. The highest BCUT2D eigenvalue weighted by Gasteiger charge is 2.17. The number of amides is 2. The van der Waals surface area contributed by atoms with Crippen molar-refractivity contribution in [3.05, 3.63) is 53.6 Å². The van der Waals surface area contributed by atoms with Gasteiger partial charge >= 0.3 is 0 Å². The molecule has 0 aliphatic rings. The highest BCUT2D eigenvalue weighted by molar-refractivity contribution is 5.97. The Kier molecular flexibility index (Phi) is 5.87. The summed E-state index contributed by atoms with van der Waals surface area (Å²) in [7, 11) is 1.45. The van der Waals surface area contributed by atoms with E-state index in [9.17, 15) is 9.59 Å². The van der Waals surface area contributed by atoms with E-state index in [0.717, 1.165) is 0 Å². The number of nitrogens with one attached hydrogen (secondary N) is 1. The Labute approximate surface area is 153 Å². The first-order valence-electron chi connectivity index (χ1n) is 8.22. The monoisotopic (exact) mass is 356 g/mol. The third-order valence-corrected chi connectivity index (χ3v) is 3.85. The van der Waals surface area contributed by atoms with Gasteiger partial charge in [0.2, 0.25) is 0 Å². The van der Waals surface area contributed by atoms with E-state index < -0.39 is 5.91 Å². The number of hydrogen-bond donors (Lipinski definition) is 2. The van der Waals surface area contributed by atoms with E-state index in [0.29, 0.717) is 11.4 Å². The largest absolute Gasteiger partial charge is 0.493 e. The Morgan fingerprint density at radius 2 is 1.73 bits per heavy atom. The van der Waals surface area contributed by atoms with Crippen molar-refractivity contribution >= 4 is 17.5 Å². The fourth-order valence-electron chi connectivity index (χ4n) is 2.41. The van der Waals surface area contributed by atoms with E-state index in [1.807, 2.05) is 24.3 Å². The average molecular weight is 356 g/mol. The van der Waals surface area contributed by atoms with Gasteiger partial charge in [-0.25, -0.2) is 0 Å². The molecule has 0 heterocycles. The Hall–Kier alpha value is -3.02. The Morgan fingerprint density at radius 3 is 2.27 bits per heavy atom. The molecular weight excluding hydrogens is 332 g/mol. The third kappa shape index (κ3) is 4.75. The first-order valence-corrected chi connectivity index (χ1v) is 8.22. The number of hydrogen-bond acceptors (Lipinski definition) is 4. The molecule has 0 unspecified atom stereocenters. The average Bonchev–Trinajstić information content (AvgIpc) is 2.59. The summed E-state index contributed by atoms with van der Waals surface area (Å²) in [4.78, 5) is 23.7. The minimum Gasteiger partial charge on any atom is -0.493 e. The van der Waals surface area contributed by atoms with E-state index in [-0.39, 0.29) is 29.2 Å². The van der Waals surface area contributed by atoms with Gasteiger partial charge in [0.15, 0.2) is 18.1 Å². The van der Waals surface area contributed by atoms with Gasteiger partial charge in [0, 0.05) is 5.69 Å². The van der Waals surface area contributed by atoms with Crippen molar-refractivity contribution in [2.24, 2.45) is 5.73 Å². The molecule has 0 aliphatic carbocycles. The zero-order chi connectivity index (χ0) is 19.3. The van der Waals surface area contributed by atoms with Gasteiger partial charge in [-0.15, -0.1) is 0 Å². The van der Waals surface area contributed by atoms with E-state index >= 15 is 0 Å². The molecule has 3 N–H and O–H groups in total. The second-order valence-corrected chi connectivity index (χ2v) is 6.87. The normalized spacial score (nSPS) is 10.9. The number of carbonyl (C=O) groups excluding carboxylic acids is 2. The molecule has 2 aromatic rings. The van der Waals surface area contributed by atoms with Crippen molar-refractivity contribution in [2.45, 2.75) is 26.2 Å². The summed E-state index contributed by atoms with van der Waals surface area (Å²) in [6, 6.07) is 12.4. The molecule has 26 heavy (non-hydrogen) atoms. The second kappa shape index (κ2) is 7.91. The number of carbonyl (C=O) groups is 2. The summed E-state index contributed by atoms with van der Waals surface area (Å²) in [6.07, 6.45) is 0. The van der Waals surface area contributed by atoms with E-state index in [4.69, 9.17) is 15.2 Å². The lowest BCUT2D eigenvalue weighted by molar-refractivity contribution is -0.118. The van der Waals surface area contributed by atoms with Crippen LogP contribution in [0.1, 0.15) is 36.7 Å². The number of benzene rings is 2. The van der Waals surface area contributed by atoms with Crippen molar-refractivity contribution < 1.29 is 19.1 Å². The number of primary amides is 1. The van der Waals surface area contributed by atoms with Gasteiger partial charge in [0.25, 0.3) is 11.8 Å². The molecular formula is C20H24N2O4. The molecule has 6 nitrogen and oxygen atoms in total. The molecule has 0 atom stereocenters. The number of nitrogens with two attached hydrogens (primary N) is 1. The van der Waals surface area contributed by atoms with Crippen LogP contribution in [0.25, 0.3) is 0 Å². The van der Waals surface area contributed by atoms with Crippen LogP contribution in [0.4, 0.5) is 5.69 Å². The highest BCUT2D eigenvalue weighted by Crippen LogP contribution is 2.30. The smallest absolute Gasteiger partial charge is 0.262 e. The van der Waals surface area contributed by atoms with Crippen LogP contribution in [0.3, 0.4) is 0 Å². The molecule has 6 heteroatoms. The van der Waals surface area contributed by atoms with Gasteiger partial charge in [0.05, 0.1) is 12.7 Å². The van der Waals surface area contributed by atoms with Gasteiger partial charge in [0.1, 0.15) is 0 Å². The topological polar surface area (TPSA) is 90.7 Å². The maximum absolute atomic E-state index is 12.2. The number of ether oxygens (including phenoxy) is 2. The Bertz CT molecular complexity index is 792. The van der Waals surface area contributed by atoms with Crippen LogP contribution in [0, 0.1) is 0 Å². The maximum Gasteiger partial charge on any atom is 0.262 e. The summed E-state index contributed by atoms with van der Waals surface area (Å²) in [5.74, 6) is -0.517. The van der Waals surface area contributed by atoms with Crippen LogP contribution in [-0.4, -0.2) is 25.5 Å². The molecule has 0 saturated heterocycles. The lowest BCUT2D eigenvalue weighted by Gasteiger charge is -2.19. The summed E-state index contributed by atoms with van der Waals surface area (Å²) in [6.45, 7) is 6.09. The van der Waals surface area contributed by atoms with Gasteiger partial charge in [-0.2, -0.15) is 0 Å². The number of rotatable bonds is 6. The van der Waals surface area contributed by atoms with Crippen molar-refractivity contribution in [3.63, 3.8) is 0 Å². The first-order chi connectivity index (χ1) is 12.2. The van der Waals surface area contributed by atoms with Crippen LogP contribution in [0.2, 0.25) is 0 Å². The fraction of sp³-hybridized carbons (Fsp3) is 0.300. The third-order valence-electron chi connectivity index (χ3n) is 3.85. The molecule has 0 fully saturated rings. The van der Waals surface area contributed by atoms with Crippen molar-refractivity contribution in [1.29, 1.82) is 0 Å². The van der Waals surface area contributed by atoms with Crippen LogP contribution in [0.15, 0.2) is 42.5 Å². The second-order valence-electron chi connectivity index (χ2n) is 6.87. The Morgan fingerprint density at radius 1 is 1.08 bits per heavy atom. The molecule has 0 saturated carbocycles. The van der Waals surface area contributed by atoms with Gasteiger partial charge in [-0.05, 0) is 35.2 Å². The van der Waals surface area contributed by atoms with Gasteiger partial charge < -0.3 is 20.5 Å². The van der Waals surface area contributed by atoms with Crippen LogP contribution >= 0.6 is 0 Å². The van der Waals surface area contributed by atoms with Crippen molar-refractivity contribution in [3.8, 4) is 11.5 Å². The quantitative estimate of drug-likeness (QED) is 0.832. The van der Waals surface area contributed by atoms with Crippen LogP contribution < -0.4 is 20.5 Å². The molecule has 138 valence electrons. The lowest BCUT2D eigenvalue weighted by Crippen LogP contribution is -2.22. The zero-order valence-corrected chi connectivity index (χ0v) is 15.5. The molecule has 0 aliphatic heterocycles. The van der Waals surface area contributed by atoms with Gasteiger partial charge in [-0.3, -0.25) is 9.59 Å². The predicted molar refractivity (Wildman–Crippen MR) is 101 cm³/mol. The number of methoxy groups -OCH3 is 1. The predicted octanol–water partition coefficient (Wildman–Crippen LogP) is 3.11.